The zero-order valence-corrected chi connectivity index (χ0v) is 11.2. The SMILES string of the molecule is COc1cc(OC)c(Nc2nccc(N)n2)cc1Cl. The largest absolute Gasteiger partial charge is 0.495 e. The van der Waals surface area contributed by atoms with Crippen LogP contribution >= 0.6 is 11.6 Å². The molecular weight excluding hydrogens is 268 g/mol. The molecule has 2 rings (SSSR count). The quantitative estimate of drug-likeness (QED) is 0.895. The second-order valence-corrected chi connectivity index (χ2v) is 4.02. The van der Waals surface area contributed by atoms with Crippen LogP contribution in [0, 0.1) is 0 Å². The Balaban J connectivity index is 2.36. The Morgan fingerprint density at radius 1 is 1.21 bits per heavy atom. The molecule has 1 aromatic heterocycles. The number of anilines is 3. The number of halogens is 1. The van der Waals surface area contributed by atoms with Crippen LogP contribution in [0.1, 0.15) is 0 Å². The van der Waals surface area contributed by atoms with Gasteiger partial charge in [-0.05, 0) is 12.1 Å². The van der Waals surface area contributed by atoms with Crippen LogP contribution in [-0.4, -0.2) is 24.2 Å². The monoisotopic (exact) mass is 280 g/mol. The molecule has 0 aliphatic rings. The van der Waals surface area contributed by atoms with E-state index in [1.807, 2.05) is 0 Å². The smallest absolute Gasteiger partial charge is 0.229 e. The lowest BCUT2D eigenvalue weighted by molar-refractivity contribution is 0.396. The molecular formula is C12H13ClN4O2. The molecule has 0 aliphatic carbocycles. The highest BCUT2D eigenvalue weighted by Crippen LogP contribution is 2.36. The van der Waals surface area contributed by atoms with Crippen LogP contribution in [-0.2, 0) is 0 Å². The van der Waals surface area contributed by atoms with Crippen LogP contribution in [0.25, 0.3) is 0 Å². The van der Waals surface area contributed by atoms with Gasteiger partial charge < -0.3 is 20.5 Å². The van der Waals surface area contributed by atoms with Crippen molar-refractivity contribution in [1.29, 1.82) is 0 Å². The summed E-state index contributed by atoms with van der Waals surface area (Å²) in [6.07, 6.45) is 1.56. The van der Waals surface area contributed by atoms with Gasteiger partial charge in [0, 0.05) is 12.3 Å². The first-order valence-corrected chi connectivity index (χ1v) is 5.79. The molecule has 0 fully saturated rings. The molecule has 0 amide bonds. The summed E-state index contributed by atoms with van der Waals surface area (Å²) in [6.45, 7) is 0. The summed E-state index contributed by atoms with van der Waals surface area (Å²) in [5.74, 6) is 1.82. The summed E-state index contributed by atoms with van der Waals surface area (Å²) >= 11 is 6.07. The fourth-order valence-electron chi connectivity index (χ4n) is 1.51. The van der Waals surface area contributed by atoms with Gasteiger partial charge in [-0.25, -0.2) is 4.98 Å². The molecule has 0 saturated carbocycles. The average Bonchev–Trinajstić information content (AvgIpc) is 2.39. The first-order chi connectivity index (χ1) is 9.13. The van der Waals surface area contributed by atoms with Crippen molar-refractivity contribution in [3.8, 4) is 11.5 Å². The van der Waals surface area contributed by atoms with Crippen LogP contribution in [0.3, 0.4) is 0 Å². The zero-order valence-electron chi connectivity index (χ0n) is 10.5. The molecule has 0 aliphatic heterocycles. The Bertz CT molecular complexity index is 592. The van der Waals surface area contributed by atoms with E-state index in [1.54, 1.807) is 31.5 Å². The highest BCUT2D eigenvalue weighted by atomic mass is 35.5. The van der Waals surface area contributed by atoms with E-state index < -0.39 is 0 Å². The topological polar surface area (TPSA) is 82.3 Å². The molecule has 0 spiro atoms. The van der Waals surface area contributed by atoms with Gasteiger partial charge in [0.25, 0.3) is 0 Å². The van der Waals surface area contributed by atoms with Gasteiger partial charge in [-0.1, -0.05) is 11.6 Å². The molecule has 19 heavy (non-hydrogen) atoms. The first-order valence-electron chi connectivity index (χ1n) is 5.41. The molecule has 0 atom stereocenters. The zero-order chi connectivity index (χ0) is 13.8. The molecule has 1 heterocycles. The minimum atomic E-state index is 0.361. The third-order valence-electron chi connectivity index (χ3n) is 2.40. The van der Waals surface area contributed by atoms with E-state index >= 15 is 0 Å². The third-order valence-corrected chi connectivity index (χ3v) is 2.69. The Morgan fingerprint density at radius 3 is 2.58 bits per heavy atom. The highest BCUT2D eigenvalue weighted by Gasteiger charge is 2.11. The molecule has 6 nitrogen and oxygen atoms in total. The van der Waals surface area contributed by atoms with Crippen molar-refractivity contribution in [3.05, 3.63) is 29.4 Å². The van der Waals surface area contributed by atoms with Gasteiger partial charge in [-0.3, -0.25) is 0 Å². The summed E-state index contributed by atoms with van der Waals surface area (Å²) in [4.78, 5) is 8.09. The van der Waals surface area contributed by atoms with Gasteiger partial charge in [0.05, 0.1) is 24.9 Å². The maximum atomic E-state index is 6.07. The standard InChI is InChI=1S/C12H13ClN4O2/c1-18-9-6-10(19-2)8(5-7(9)13)16-12-15-4-3-11(14)17-12/h3-6H,1-2H3,(H3,14,15,16,17). The van der Waals surface area contributed by atoms with E-state index in [-0.39, 0.29) is 0 Å². The van der Waals surface area contributed by atoms with Gasteiger partial charge >= 0.3 is 0 Å². The van der Waals surface area contributed by atoms with Crippen LogP contribution < -0.4 is 20.5 Å². The summed E-state index contributed by atoms with van der Waals surface area (Å²) in [5, 5.41) is 3.44. The summed E-state index contributed by atoms with van der Waals surface area (Å²) < 4.78 is 10.4. The number of methoxy groups -OCH3 is 2. The Kier molecular flexibility index (Phi) is 3.91. The second-order valence-electron chi connectivity index (χ2n) is 3.62. The van der Waals surface area contributed by atoms with Gasteiger partial charge in [-0.2, -0.15) is 4.98 Å². The molecule has 7 heteroatoms. The predicted molar refractivity (Wildman–Crippen MR) is 74.3 cm³/mol. The number of nitrogens with zero attached hydrogens (tertiary/aromatic N) is 2. The number of hydrogen-bond acceptors (Lipinski definition) is 6. The van der Waals surface area contributed by atoms with Crippen molar-refractivity contribution < 1.29 is 9.47 Å². The van der Waals surface area contributed by atoms with Gasteiger partial charge in [-0.15, -0.1) is 0 Å². The van der Waals surface area contributed by atoms with Crippen LogP contribution in [0.5, 0.6) is 11.5 Å². The summed E-state index contributed by atoms with van der Waals surface area (Å²) in [6, 6.07) is 4.95. The third kappa shape index (κ3) is 2.97. The Hall–Kier alpha value is -2.21. The fraction of sp³-hybridized carbons (Fsp3) is 0.167. The lowest BCUT2D eigenvalue weighted by atomic mass is 10.2. The lowest BCUT2D eigenvalue weighted by Crippen LogP contribution is -2.01. The summed E-state index contributed by atoms with van der Waals surface area (Å²) in [7, 11) is 3.09. The number of nitrogens with one attached hydrogen (secondary N) is 1. The van der Waals surface area contributed by atoms with Crippen molar-refractivity contribution in [3.63, 3.8) is 0 Å². The number of benzene rings is 1. The second kappa shape index (κ2) is 5.62. The Labute approximate surface area is 115 Å². The molecule has 100 valence electrons. The lowest BCUT2D eigenvalue weighted by Gasteiger charge is -2.12. The van der Waals surface area contributed by atoms with Gasteiger partial charge in [0.1, 0.15) is 17.3 Å². The predicted octanol–water partition coefficient (Wildman–Crippen LogP) is 2.47. The van der Waals surface area contributed by atoms with E-state index in [1.165, 1.54) is 7.11 Å². The number of nitrogen functional groups attached to an aromatic ring is 1. The van der Waals surface area contributed by atoms with Crippen molar-refractivity contribution in [2.75, 3.05) is 25.3 Å². The number of ether oxygens (including phenoxy) is 2. The minimum absolute atomic E-state index is 0.361. The van der Waals surface area contributed by atoms with E-state index in [4.69, 9.17) is 26.8 Å². The van der Waals surface area contributed by atoms with Gasteiger partial charge in [0.15, 0.2) is 0 Å². The van der Waals surface area contributed by atoms with E-state index in [0.717, 1.165) is 0 Å². The van der Waals surface area contributed by atoms with Crippen molar-refractivity contribution >= 4 is 29.1 Å². The summed E-state index contributed by atoms with van der Waals surface area (Å²) in [5.41, 5.74) is 6.21. The van der Waals surface area contributed by atoms with E-state index in [0.29, 0.717) is 34.0 Å². The number of rotatable bonds is 4. The van der Waals surface area contributed by atoms with Crippen molar-refractivity contribution in [2.45, 2.75) is 0 Å². The van der Waals surface area contributed by atoms with Crippen LogP contribution in [0.4, 0.5) is 17.5 Å². The maximum Gasteiger partial charge on any atom is 0.229 e. The van der Waals surface area contributed by atoms with Crippen LogP contribution in [0.2, 0.25) is 5.02 Å². The first kappa shape index (κ1) is 13.2. The molecule has 0 radical (unpaired) electrons. The molecule has 0 bridgehead atoms. The average molecular weight is 281 g/mol. The molecule has 1 aromatic carbocycles. The van der Waals surface area contributed by atoms with Crippen molar-refractivity contribution in [2.24, 2.45) is 0 Å². The van der Waals surface area contributed by atoms with E-state index in [9.17, 15) is 0 Å². The normalized spacial score (nSPS) is 10.1. The van der Waals surface area contributed by atoms with Crippen LogP contribution in [0.15, 0.2) is 24.4 Å². The molecule has 0 saturated heterocycles. The molecule has 3 N–H and O–H groups in total. The fourth-order valence-corrected chi connectivity index (χ4v) is 1.75. The highest BCUT2D eigenvalue weighted by molar-refractivity contribution is 6.32. The number of hydrogen-bond donors (Lipinski definition) is 2. The van der Waals surface area contributed by atoms with E-state index in [2.05, 4.69) is 15.3 Å². The minimum Gasteiger partial charge on any atom is -0.495 e. The van der Waals surface area contributed by atoms with Gasteiger partial charge in [0.2, 0.25) is 5.95 Å². The molecule has 2 aromatic rings. The van der Waals surface area contributed by atoms with Crippen molar-refractivity contribution in [1.82, 2.24) is 9.97 Å². The number of nitrogens with two attached hydrogens (primary N) is 1. The maximum absolute atomic E-state index is 6.07. The molecule has 0 unspecified atom stereocenters. The Morgan fingerprint density at radius 2 is 1.95 bits per heavy atom. The number of aromatic nitrogens is 2.